The van der Waals surface area contributed by atoms with Gasteiger partial charge in [-0.1, -0.05) is 11.8 Å². The Morgan fingerprint density at radius 2 is 2.03 bits per heavy atom. The lowest BCUT2D eigenvalue weighted by atomic mass is 10.0. The van der Waals surface area contributed by atoms with Crippen molar-refractivity contribution in [3.63, 3.8) is 0 Å². The molecule has 0 radical (unpaired) electrons. The maximum Gasteiger partial charge on any atom is 0.269 e. The normalized spacial score (nSPS) is 20.4. The predicted octanol–water partition coefficient (Wildman–Crippen LogP) is 2.27. The van der Waals surface area contributed by atoms with E-state index in [-0.39, 0.29) is 23.5 Å². The molecule has 1 aromatic heterocycles. The van der Waals surface area contributed by atoms with Gasteiger partial charge < -0.3 is 19.3 Å². The fourth-order valence-corrected chi connectivity index (χ4v) is 5.52. The number of nitrogens with zero attached hydrogens (tertiary/aromatic N) is 6. The molecule has 11 nitrogen and oxygen atoms in total. The van der Waals surface area contributed by atoms with E-state index in [2.05, 4.69) is 19.7 Å². The molecule has 1 atom stereocenters. The summed E-state index contributed by atoms with van der Waals surface area (Å²) >= 11 is 1.38. The van der Waals surface area contributed by atoms with Crippen LogP contribution in [0, 0.1) is 10.1 Å². The highest BCUT2D eigenvalue weighted by atomic mass is 32.2. The van der Waals surface area contributed by atoms with Crippen LogP contribution in [0.5, 0.6) is 0 Å². The molecule has 2 fully saturated rings. The van der Waals surface area contributed by atoms with Crippen LogP contribution in [0.1, 0.15) is 24.8 Å². The number of anilines is 2. The van der Waals surface area contributed by atoms with Crippen LogP contribution in [-0.2, 0) is 27.2 Å². The summed E-state index contributed by atoms with van der Waals surface area (Å²) in [6, 6.07) is 4.73. The van der Waals surface area contributed by atoms with E-state index >= 15 is 0 Å². The van der Waals surface area contributed by atoms with Gasteiger partial charge in [-0.05, 0) is 37.3 Å². The van der Waals surface area contributed by atoms with Crippen molar-refractivity contribution in [1.82, 2.24) is 14.8 Å². The smallest absolute Gasteiger partial charge is 0.269 e. The lowest BCUT2D eigenvalue weighted by molar-refractivity contribution is -0.384. The Kier molecular flexibility index (Phi) is 6.97. The number of aromatic nitrogens is 3. The van der Waals surface area contributed by atoms with Crippen LogP contribution < -0.4 is 9.80 Å². The third kappa shape index (κ3) is 4.89. The number of hydrogen-bond acceptors (Lipinski definition) is 9. The van der Waals surface area contributed by atoms with E-state index in [9.17, 15) is 14.9 Å². The Morgan fingerprint density at radius 1 is 1.18 bits per heavy atom. The van der Waals surface area contributed by atoms with Gasteiger partial charge in [-0.25, -0.2) is 0 Å². The number of ether oxygens (including phenoxy) is 2. The highest BCUT2D eigenvalue weighted by Crippen LogP contribution is 2.32. The van der Waals surface area contributed by atoms with Crippen molar-refractivity contribution in [2.75, 3.05) is 55.0 Å². The van der Waals surface area contributed by atoms with Crippen LogP contribution in [0.15, 0.2) is 23.4 Å². The maximum atomic E-state index is 13.2. The van der Waals surface area contributed by atoms with Crippen molar-refractivity contribution in [2.45, 2.75) is 43.5 Å². The van der Waals surface area contributed by atoms with Crippen molar-refractivity contribution in [3.05, 3.63) is 33.9 Å². The van der Waals surface area contributed by atoms with Gasteiger partial charge in [-0.2, -0.15) is 0 Å². The number of carbonyl (C=O) groups excluding carboxylic acids is 1. The molecular formula is C22H28N6O5S. The number of thioether (sulfide) groups is 1. The number of nitro benzene ring substituents is 1. The minimum Gasteiger partial charge on any atom is -0.378 e. The second-order valence-corrected chi connectivity index (χ2v) is 9.58. The van der Waals surface area contributed by atoms with E-state index in [4.69, 9.17) is 9.47 Å². The lowest BCUT2D eigenvalue weighted by Crippen LogP contribution is -2.38. The van der Waals surface area contributed by atoms with Crippen LogP contribution >= 0.6 is 11.8 Å². The van der Waals surface area contributed by atoms with Gasteiger partial charge >= 0.3 is 0 Å². The van der Waals surface area contributed by atoms with E-state index in [0.29, 0.717) is 31.5 Å². The third-order valence-corrected chi connectivity index (χ3v) is 7.37. The minimum absolute atomic E-state index is 0.0422. The van der Waals surface area contributed by atoms with Crippen LogP contribution in [0.3, 0.4) is 0 Å². The van der Waals surface area contributed by atoms with Gasteiger partial charge in [0, 0.05) is 44.1 Å². The van der Waals surface area contributed by atoms with Gasteiger partial charge in [0.25, 0.3) is 5.69 Å². The first-order valence-electron chi connectivity index (χ1n) is 11.7. The van der Waals surface area contributed by atoms with E-state index < -0.39 is 4.92 Å². The van der Waals surface area contributed by atoms with Crippen LogP contribution in [-0.4, -0.2) is 76.9 Å². The highest BCUT2D eigenvalue weighted by Gasteiger charge is 2.27. The first-order valence-corrected chi connectivity index (χ1v) is 12.7. The average Bonchev–Trinajstić information content (AvgIpc) is 3.52. The maximum absolute atomic E-state index is 13.2. The van der Waals surface area contributed by atoms with Crippen molar-refractivity contribution < 1.29 is 19.2 Å². The van der Waals surface area contributed by atoms with Crippen molar-refractivity contribution >= 4 is 35.0 Å². The highest BCUT2D eigenvalue weighted by molar-refractivity contribution is 7.99. The second kappa shape index (κ2) is 10.3. The van der Waals surface area contributed by atoms with Crippen molar-refractivity contribution in [3.8, 4) is 0 Å². The molecule has 12 heteroatoms. The number of rotatable bonds is 7. The monoisotopic (exact) mass is 488 g/mol. The zero-order chi connectivity index (χ0) is 23.5. The molecule has 0 bridgehead atoms. The summed E-state index contributed by atoms with van der Waals surface area (Å²) in [4.78, 5) is 27.8. The SMILES string of the molecule is O=C(CSc1nnc(N2CCOCC2)n1CC1CCCO1)N1CCCc2cc([N+](=O)[O-])ccc21. The quantitative estimate of drug-likeness (QED) is 0.329. The molecular weight excluding hydrogens is 460 g/mol. The Morgan fingerprint density at radius 3 is 2.79 bits per heavy atom. The molecule has 0 saturated carbocycles. The molecule has 0 spiro atoms. The lowest BCUT2D eigenvalue weighted by Gasteiger charge is -2.29. The topological polar surface area (TPSA) is 116 Å². The van der Waals surface area contributed by atoms with Gasteiger partial charge in [-0.3, -0.25) is 19.5 Å². The molecule has 1 aromatic carbocycles. The summed E-state index contributed by atoms with van der Waals surface area (Å²) in [5.41, 5.74) is 1.66. The van der Waals surface area contributed by atoms with E-state index in [1.807, 2.05) is 0 Å². The Hall–Kier alpha value is -2.70. The van der Waals surface area contributed by atoms with E-state index in [1.165, 1.54) is 17.8 Å². The van der Waals surface area contributed by atoms with Gasteiger partial charge in [0.15, 0.2) is 5.16 Å². The summed E-state index contributed by atoms with van der Waals surface area (Å²) < 4.78 is 13.4. The molecule has 182 valence electrons. The molecule has 5 rings (SSSR count). The number of morpholine rings is 1. The van der Waals surface area contributed by atoms with Crippen LogP contribution in [0.2, 0.25) is 0 Å². The summed E-state index contributed by atoms with van der Waals surface area (Å²) in [7, 11) is 0. The molecule has 0 N–H and O–H groups in total. The number of non-ortho nitro benzene ring substituents is 1. The molecule has 3 aliphatic rings. The molecule has 2 saturated heterocycles. The number of aryl methyl sites for hydroxylation is 1. The number of carbonyl (C=O) groups is 1. The second-order valence-electron chi connectivity index (χ2n) is 8.64. The Bertz CT molecular complexity index is 1050. The standard InChI is InChI=1S/C22H28N6O5S/c29-20(26-7-1-3-16-13-17(28(30)31)5-6-19(16)26)15-34-22-24-23-21(25-8-11-32-12-9-25)27(22)14-18-4-2-10-33-18/h5-6,13,18H,1-4,7-12,14-15H2. The summed E-state index contributed by atoms with van der Waals surface area (Å²) in [6.07, 6.45) is 3.68. The van der Waals surface area contributed by atoms with Crippen LogP contribution in [0.25, 0.3) is 0 Å². The molecule has 4 heterocycles. The summed E-state index contributed by atoms with van der Waals surface area (Å²) in [6.45, 7) is 4.85. The first kappa shape index (κ1) is 23.1. The zero-order valence-electron chi connectivity index (χ0n) is 18.9. The third-order valence-electron chi connectivity index (χ3n) is 6.42. The number of hydrogen-bond donors (Lipinski definition) is 0. The van der Waals surface area contributed by atoms with Crippen molar-refractivity contribution in [1.29, 1.82) is 0 Å². The molecule has 3 aliphatic heterocycles. The molecule has 0 aliphatic carbocycles. The van der Waals surface area contributed by atoms with Gasteiger partial charge in [-0.15, -0.1) is 10.2 Å². The molecule has 34 heavy (non-hydrogen) atoms. The molecule has 1 amide bonds. The fraction of sp³-hybridized carbons (Fsp3) is 0.591. The largest absolute Gasteiger partial charge is 0.378 e. The Labute approximate surface area is 201 Å². The zero-order valence-corrected chi connectivity index (χ0v) is 19.7. The number of fused-ring (bicyclic) bond motifs is 1. The van der Waals surface area contributed by atoms with Crippen LogP contribution in [0.4, 0.5) is 17.3 Å². The van der Waals surface area contributed by atoms with Crippen molar-refractivity contribution in [2.24, 2.45) is 0 Å². The van der Waals surface area contributed by atoms with Gasteiger partial charge in [0.2, 0.25) is 11.9 Å². The fourth-order valence-electron chi connectivity index (χ4n) is 4.70. The molecule has 1 unspecified atom stereocenters. The first-order chi connectivity index (χ1) is 16.6. The average molecular weight is 489 g/mol. The molecule has 2 aromatic rings. The summed E-state index contributed by atoms with van der Waals surface area (Å²) in [5.74, 6) is 0.965. The van der Waals surface area contributed by atoms with Gasteiger partial charge in [0.05, 0.1) is 36.5 Å². The minimum atomic E-state index is -0.399. The Balaban J connectivity index is 1.31. The predicted molar refractivity (Wildman–Crippen MR) is 127 cm³/mol. The number of nitro groups is 1. The van der Waals surface area contributed by atoms with Gasteiger partial charge in [0.1, 0.15) is 0 Å². The van der Waals surface area contributed by atoms with E-state index in [1.54, 1.807) is 17.0 Å². The number of amides is 1. The number of benzene rings is 1. The van der Waals surface area contributed by atoms with E-state index in [0.717, 1.165) is 62.6 Å². The summed E-state index contributed by atoms with van der Waals surface area (Å²) in [5, 5.41) is 20.7.